The van der Waals surface area contributed by atoms with Crippen molar-refractivity contribution in [3.8, 4) is 0 Å². The van der Waals surface area contributed by atoms with Crippen LogP contribution in [0.3, 0.4) is 0 Å². The minimum atomic E-state index is -0.847. The molecular formula is C10H14O3S. The van der Waals surface area contributed by atoms with Crippen molar-refractivity contribution < 1.29 is 14.7 Å². The summed E-state index contributed by atoms with van der Waals surface area (Å²) in [5.41, 5.74) is 0. The number of rotatable bonds is 3. The molecule has 14 heavy (non-hydrogen) atoms. The molecule has 0 fully saturated rings. The summed E-state index contributed by atoms with van der Waals surface area (Å²) < 4.78 is 0. The molecule has 0 aliphatic heterocycles. The zero-order valence-corrected chi connectivity index (χ0v) is 9.13. The van der Waals surface area contributed by atoms with Gasteiger partial charge in [0.2, 0.25) is 0 Å². The molecule has 0 saturated heterocycles. The Hall–Kier alpha value is -1.16. The number of thiophene rings is 1. The van der Waals surface area contributed by atoms with Gasteiger partial charge in [-0.2, -0.15) is 0 Å². The molecule has 0 saturated carbocycles. The second kappa shape index (κ2) is 7.26. The third-order valence-corrected chi connectivity index (χ3v) is 2.38. The Kier molecular flexibility index (Phi) is 6.66. The lowest BCUT2D eigenvalue weighted by atomic mass is 10.3. The number of carboxylic acids is 1. The van der Waals surface area contributed by atoms with E-state index in [0.717, 1.165) is 0 Å². The van der Waals surface area contributed by atoms with Crippen LogP contribution in [0.1, 0.15) is 36.4 Å². The van der Waals surface area contributed by atoms with Gasteiger partial charge in [-0.25, -0.2) is 4.79 Å². The molecular weight excluding hydrogens is 200 g/mol. The van der Waals surface area contributed by atoms with Crippen LogP contribution in [-0.2, 0) is 4.79 Å². The van der Waals surface area contributed by atoms with Crippen LogP contribution in [0.4, 0.5) is 0 Å². The number of hydrogen-bond acceptors (Lipinski definition) is 3. The van der Waals surface area contributed by atoms with Crippen LogP contribution in [0.25, 0.3) is 0 Å². The Balaban J connectivity index is 0.000000255. The van der Waals surface area contributed by atoms with E-state index in [1.54, 1.807) is 17.5 Å². The van der Waals surface area contributed by atoms with Crippen LogP contribution < -0.4 is 0 Å². The third-order valence-electron chi connectivity index (χ3n) is 1.52. The zero-order chi connectivity index (χ0) is 11.0. The van der Waals surface area contributed by atoms with E-state index in [2.05, 4.69) is 0 Å². The second-order valence-corrected chi connectivity index (χ2v) is 3.48. The second-order valence-electron chi connectivity index (χ2n) is 2.53. The van der Waals surface area contributed by atoms with Gasteiger partial charge in [0.15, 0.2) is 0 Å². The quantitative estimate of drug-likeness (QED) is 0.841. The summed E-state index contributed by atoms with van der Waals surface area (Å²) >= 11 is 1.23. The van der Waals surface area contributed by atoms with E-state index < -0.39 is 5.97 Å². The van der Waals surface area contributed by atoms with Crippen molar-refractivity contribution in [3.63, 3.8) is 0 Å². The number of hydrogen-bond donors (Lipinski definition) is 1. The van der Waals surface area contributed by atoms with Crippen LogP contribution in [-0.4, -0.2) is 16.9 Å². The lowest BCUT2D eigenvalue weighted by Gasteiger charge is -1.81. The molecule has 1 aromatic heterocycles. The van der Waals surface area contributed by atoms with Crippen molar-refractivity contribution in [1.82, 2.24) is 0 Å². The lowest BCUT2D eigenvalue weighted by molar-refractivity contribution is -0.118. The highest BCUT2D eigenvalue weighted by Gasteiger charge is 1.99. The van der Waals surface area contributed by atoms with Crippen LogP contribution in [0.15, 0.2) is 17.5 Å². The van der Waals surface area contributed by atoms with Crippen molar-refractivity contribution in [2.24, 2.45) is 0 Å². The molecule has 0 atom stereocenters. The Morgan fingerprint density at radius 1 is 1.36 bits per heavy atom. The summed E-state index contributed by atoms with van der Waals surface area (Å²) in [5, 5.41) is 10.0. The largest absolute Gasteiger partial charge is 0.477 e. The Morgan fingerprint density at radius 3 is 2.07 bits per heavy atom. The molecule has 0 radical (unpaired) electrons. The van der Waals surface area contributed by atoms with E-state index in [0.29, 0.717) is 23.5 Å². The summed E-state index contributed by atoms with van der Waals surface area (Å²) in [6.07, 6.45) is 1.38. The number of Topliss-reactive ketones (excluding diaryl/α,β-unsaturated/α-hetero) is 1. The first-order valence-corrected chi connectivity index (χ1v) is 5.28. The fraction of sp³-hybridized carbons (Fsp3) is 0.400. The Morgan fingerprint density at radius 2 is 1.93 bits per heavy atom. The van der Waals surface area contributed by atoms with Gasteiger partial charge in [-0.1, -0.05) is 19.9 Å². The average molecular weight is 214 g/mol. The van der Waals surface area contributed by atoms with Gasteiger partial charge in [-0.15, -0.1) is 11.3 Å². The summed E-state index contributed by atoms with van der Waals surface area (Å²) in [5.74, 6) is -0.505. The topological polar surface area (TPSA) is 54.4 Å². The average Bonchev–Trinajstić information content (AvgIpc) is 2.70. The molecule has 1 aromatic rings. The van der Waals surface area contributed by atoms with Crippen molar-refractivity contribution in [3.05, 3.63) is 22.4 Å². The molecule has 0 aromatic carbocycles. The van der Waals surface area contributed by atoms with Gasteiger partial charge >= 0.3 is 5.97 Å². The van der Waals surface area contributed by atoms with Crippen molar-refractivity contribution in [2.45, 2.75) is 26.7 Å². The molecule has 0 aliphatic rings. The Labute approximate surface area is 87.4 Å². The van der Waals surface area contributed by atoms with Crippen molar-refractivity contribution in [1.29, 1.82) is 0 Å². The first-order valence-electron chi connectivity index (χ1n) is 4.40. The van der Waals surface area contributed by atoms with E-state index in [-0.39, 0.29) is 0 Å². The molecule has 1 heterocycles. The van der Waals surface area contributed by atoms with Crippen LogP contribution in [0.2, 0.25) is 0 Å². The smallest absolute Gasteiger partial charge is 0.345 e. The van der Waals surface area contributed by atoms with Crippen LogP contribution in [0, 0.1) is 0 Å². The highest BCUT2D eigenvalue weighted by atomic mass is 32.1. The van der Waals surface area contributed by atoms with Crippen molar-refractivity contribution >= 4 is 23.1 Å². The molecule has 3 nitrogen and oxygen atoms in total. The lowest BCUT2D eigenvalue weighted by Crippen LogP contribution is -1.89. The molecule has 1 rings (SSSR count). The monoisotopic (exact) mass is 214 g/mol. The summed E-state index contributed by atoms with van der Waals surface area (Å²) in [6.45, 7) is 3.76. The van der Waals surface area contributed by atoms with Gasteiger partial charge < -0.3 is 5.11 Å². The predicted molar refractivity (Wildman–Crippen MR) is 56.9 cm³/mol. The van der Waals surface area contributed by atoms with E-state index in [9.17, 15) is 9.59 Å². The SMILES string of the molecule is CCC(=O)CC.O=C(O)c1cccs1. The highest BCUT2D eigenvalue weighted by Crippen LogP contribution is 2.06. The standard InChI is InChI=1S/C5H4O2S.C5H10O/c6-5(7)4-2-1-3-8-4;1-3-5(6)4-2/h1-3H,(H,6,7);3-4H2,1-2H3. The minimum Gasteiger partial charge on any atom is -0.477 e. The van der Waals surface area contributed by atoms with Gasteiger partial charge in [0, 0.05) is 12.8 Å². The first kappa shape index (κ1) is 12.8. The van der Waals surface area contributed by atoms with Gasteiger partial charge in [0.25, 0.3) is 0 Å². The number of ketones is 1. The van der Waals surface area contributed by atoms with E-state index in [4.69, 9.17) is 5.11 Å². The molecule has 0 unspecified atom stereocenters. The highest BCUT2D eigenvalue weighted by molar-refractivity contribution is 7.11. The third kappa shape index (κ3) is 5.48. The van der Waals surface area contributed by atoms with E-state index >= 15 is 0 Å². The van der Waals surface area contributed by atoms with Crippen molar-refractivity contribution in [2.75, 3.05) is 0 Å². The van der Waals surface area contributed by atoms with Gasteiger partial charge in [-0.3, -0.25) is 4.79 Å². The summed E-state index contributed by atoms with van der Waals surface area (Å²) in [7, 11) is 0. The molecule has 0 amide bonds. The maximum Gasteiger partial charge on any atom is 0.345 e. The van der Waals surface area contributed by atoms with Gasteiger partial charge in [0.1, 0.15) is 10.7 Å². The minimum absolute atomic E-state index is 0.343. The number of carbonyl (C=O) groups excluding carboxylic acids is 1. The normalized spacial score (nSPS) is 8.71. The van der Waals surface area contributed by atoms with Gasteiger partial charge in [0.05, 0.1) is 0 Å². The first-order chi connectivity index (χ1) is 6.61. The Bertz CT molecular complexity index is 272. The predicted octanol–water partition coefficient (Wildman–Crippen LogP) is 2.82. The van der Waals surface area contributed by atoms with Gasteiger partial charge in [-0.05, 0) is 11.4 Å². The maximum atomic E-state index is 10.2. The summed E-state index contributed by atoms with van der Waals surface area (Å²) in [4.78, 5) is 20.6. The van der Waals surface area contributed by atoms with E-state index in [1.807, 2.05) is 13.8 Å². The van der Waals surface area contributed by atoms with Crippen LogP contribution >= 0.6 is 11.3 Å². The number of carbonyl (C=O) groups is 2. The fourth-order valence-electron chi connectivity index (χ4n) is 0.650. The van der Waals surface area contributed by atoms with Crippen LogP contribution in [0.5, 0.6) is 0 Å². The molecule has 0 spiro atoms. The zero-order valence-electron chi connectivity index (χ0n) is 8.32. The number of carboxylic acid groups (broad SMARTS) is 1. The molecule has 0 bridgehead atoms. The fourth-order valence-corrected chi connectivity index (χ4v) is 1.21. The summed E-state index contributed by atoms with van der Waals surface area (Å²) in [6, 6.07) is 3.29. The molecule has 78 valence electrons. The van der Waals surface area contributed by atoms with E-state index in [1.165, 1.54) is 11.3 Å². The maximum absolute atomic E-state index is 10.2. The molecule has 0 aliphatic carbocycles. The number of aromatic carboxylic acids is 1. The molecule has 1 N–H and O–H groups in total. The molecule has 4 heteroatoms.